The highest BCUT2D eigenvalue weighted by molar-refractivity contribution is 7.98. The smallest absolute Gasteiger partial charge is 0.191 e. The first-order valence-corrected chi connectivity index (χ1v) is 12.6. The first-order valence-electron chi connectivity index (χ1n) is 10.7. The predicted octanol–water partition coefficient (Wildman–Crippen LogP) is 5.69. The van der Waals surface area contributed by atoms with Crippen LogP contribution < -0.4 is 4.74 Å². The fourth-order valence-corrected chi connectivity index (χ4v) is 5.51. The standard InChI is InChI=1S/C24H23FN4O2S2/c1-30-20-10-6-17(7-11-20)23-26-19(14-32-23)15-33-24-28-27-22(16-4-8-18(25)9-5-16)29(24)13-21-3-2-12-31-21/h4-11,14,21H,2-3,12-13,15H2,1H3. The minimum absolute atomic E-state index is 0.139. The highest BCUT2D eigenvalue weighted by Crippen LogP contribution is 2.31. The third kappa shape index (κ3) is 5.10. The van der Waals surface area contributed by atoms with Gasteiger partial charge in [0, 0.05) is 28.9 Å². The molecule has 0 bridgehead atoms. The van der Waals surface area contributed by atoms with E-state index >= 15 is 0 Å². The number of methoxy groups -OCH3 is 1. The summed E-state index contributed by atoms with van der Waals surface area (Å²) in [5.41, 5.74) is 2.90. The number of nitrogens with zero attached hydrogens (tertiary/aromatic N) is 4. The molecule has 0 saturated carbocycles. The van der Waals surface area contributed by atoms with E-state index in [1.54, 1.807) is 42.3 Å². The summed E-state index contributed by atoms with van der Waals surface area (Å²) in [6, 6.07) is 14.3. The quantitative estimate of drug-likeness (QED) is 0.301. The minimum Gasteiger partial charge on any atom is -0.497 e. The summed E-state index contributed by atoms with van der Waals surface area (Å²) in [5.74, 6) is 1.97. The molecule has 2 aromatic heterocycles. The van der Waals surface area contributed by atoms with Crippen molar-refractivity contribution in [3.8, 4) is 27.7 Å². The zero-order valence-corrected chi connectivity index (χ0v) is 19.7. The van der Waals surface area contributed by atoms with Gasteiger partial charge in [0.1, 0.15) is 16.6 Å². The molecule has 0 spiro atoms. The van der Waals surface area contributed by atoms with Crippen LogP contribution in [0.2, 0.25) is 0 Å². The number of thiazole rings is 1. The molecule has 1 aliphatic rings. The van der Waals surface area contributed by atoms with Crippen LogP contribution in [-0.2, 0) is 17.0 Å². The van der Waals surface area contributed by atoms with Gasteiger partial charge in [-0.05, 0) is 61.4 Å². The van der Waals surface area contributed by atoms with Crippen LogP contribution in [-0.4, -0.2) is 39.6 Å². The van der Waals surface area contributed by atoms with Crippen LogP contribution in [0.4, 0.5) is 4.39 Å². The maximum Gasteiger partial charge on any atom is 0.191 e. The second-order valence-corrected chi connectivity index (χ2v) is 9.52. The summed E-state index contributed by atoms with van der Waals surface area (Å²) in [6.07, 6.45) is 2.22. The van der Waals surface area contributed by atoms with Crippen LogP contribution in [0.15, 0.2) is 59.1 Å². The normalized spacial score (nSPS) is 15.8. The SMILES string of the molecule is COc1ccc(-c2nc(CSc3nnc(-c4ccc(F)cc4)n3CC3CCCO3)cs2)cc1. The van der Waals surface area contributed by atoms with Gasteiger partial charge in [-0.1, -0.05) is 11.8 Å². The van der Waals surface area contributed by atoms with Crippen molar-refractivity contribution < 1.29 is 13.9 Å². The van der Waals surface area contributed by atoms with Crippen LogP contribution >= 0.6 is 23.1 Å². The van der Waals surface area contributed by atoms with E-state index in [1.807, 2.05) is 24.3 Å². The van der Waals surface area contributed by atoms with Crippen LogP contribution in [0.5, 0.6) is 5.75 Å². The lowest BCUT2D eigenvalue weighted by Crippen LogP contribution is -2.16. The minimum atomic E-state index is -0.269. The molecule has 6 nitrogen and oxygen atoms in total. The largest absolute Gasteiger partial charge is 0.497 e. The molecule has 0 aliphatic carbocycles. The Morgan fingerprint density at radius 1 is 1.12 bits per heavy atom. The van der Waals surface area contributed by atoms with Crippen LogP contribution in [0, 0.1) is 5.82 Å². The molecule has 1 aliphatic heterocycles. The molecule has 0 amide bonds. The lowest BCUT2D eigenvalue weighted by Gasteiger charge is -2.14. The summed E-state index contributed by atoms with van der Waals surface area (Å²) in [7, 11) is 1.66. The Morgan fingerprint density at radius 3 is 2.64 bits per heavy atom. The molecule has 33 heavy (non-hydrogen) atoms. The van der Waals surface area contributed by atoms with E-state index in [1.165, 1.54) is 12.1 Å². The summed E-state index contributed by atoms with van der Waals surface area (Å²) >= 11 is 3.22. The van der Waals surface area contributed by atoms with Gasteiger partial charge in [-0.2, -0.15) is 0 Å². The van der Waals surface area contributed by atoms with Gasteiger partial charge >= 0.3 is 0 Å². The Hall–Kier alpha value is -2.75. The van der Waals surface area contributed by atoms with Gasteiger partial charge in [0.2, 0.25) is 0 Å². The summed E-state index contributed by atoms with van der Waals surface area (Å²) in [4.78, 5) is 4.79. The van der Waals surface area contributed by atoms with Crippen molar-refractivity contribution in [2.45, 2.75) is 36.4 Å². The molecule has 0 radical (unpaired) electrons. The predicted molar refractivity (Wildman–Crippen MR) is 128 cm³/mol. The third-order valence-corrected chi connectivity index (χ3v) is 7.41. The Balaban J connectivity index is 1.34. The molecular weight excluding hydrogens is 459 g/mol. The van der Waals surface area contributed by atoms with Crippen molar-refractivity contribution in [3.63, 3.8) is 0 Å². The van der Waals surface area contributed by atoms with E-state index < -0.39 is 0 Å². The molecular formula is C24H23FN4O2S2. The van der Waals surface area contributed by atoms with E-state index in [2.05, 4.69) is 20.1 Å². The fraction of sp³-hybridized carbons (Fsp3) is 0.292. The molecule has 3 heterocycles. The average molecular weight is 483 g/mol. The van der Waals surface area contributed by atoms with E-state index in [9.17, 15) is 4.39 Å². The first kappa shape index (κ1) is 22.1. The molecule has 1 fully saturated rings. The maximum absolute atomic E-state index is 13.4. The number of ether oxygens (including phenoxy) is 2. The highest BCUT2D eigenvalue weighted by Gasteiger charge is 2.22. The highest BCUT2D eigenvalue weighted by atomic mass is 32.2. The lowest BCUT2D eigenvalue weighted by molar-refractivity contribution is 0.0953. The topological polar surface area (TPSA) is 62.1 Å². The number of aromatic nitrogens is 4. The number of halogens is 1. The summed E-state index contributed by atoms with van der Waals surface area (Å²) < 4.78 is 26.6. The van der Waals surface area contributed by atoms with Crippen LogP contribution in [0.25, 0.3) is 22.0 Å². The second kappa shape index (κ2) is 10.0. The Bertz CT molecular complexity index is 1200. The Labute approximate surface area is 199 Å². The summed E-state index contributed by atoms with van der Waals surface area (Å²) in [5, 5.41) is 12.7. The van der Waals surface area contributed by atoms with Crippen LogP contribution in [0.3, 0.4) is 0 Å². The molecule has 170 valence electrons. The van der Waals surface area contributed by atoms with Crippen molar-refractivity contribution in [1.82, 2.24) is 19.7 Å². The number of rotatable bonds is 8. The molecule has 1 saturated heterocycles. The Kier molecular flexibility index (Phi) is 6.70. The van der Waals surface area contributed by atoms with Crippen molar-refractivity contribution in [3.05, 3.63) is 65.4 Å². The zero-order valence-electron chi connectivity index (χ0n) is 18.1. The second-order valence-electron chi connectivity index (χ2n) is 7.72. The third-order valence-electron chi connectivity index (χ3n) is 5.47. The number of hydrogen-bond acceptors (Lipinski definition) is 7. The fourth-order valence-electron chi connectivity index (χ4n) is 3.74. The molecule has 0 N–H and O–H groups in total. The monoisotopic (exact) mass is 482 g/mol. The number of thioether (sulfide) groups is 1. The zero-order chi connectivity index (χ0) is 22.6. The van der Waals surface area contributed by atoms with E-state index in [4.69, 9.17) is 14.5 Å². The van der Waals surface area contributed by atoms with Crippen molar-refractivity contribution in [1.29, 1.82) is 0 Å². The van der Waals surface area contributed by atoms with Crippen molar-refractivity contribution in [2.24, 2.45) is 0 Å². The number of benzene rings is 2. The molecule has 1 atom stereocenters. The lowest BCUT2D eigenvalue weighted by atomic mass is 10.2. The molecule has 2 aromatic carbocycles. The first-order chi connectivity index (χ1) is 16.2. The van der Waals surface area contributed by atoms with E-state index in [0.717, 1.165) is 58.0 Å². The van der Waals surface area contributed by atoms with Gasteiger partial charge in [-0.15, -0.1) is 21.5 Å². The van der Waals surface area contributed by atoms with Crippen molar-refractivity contribution >= 4 is 23.1 Å². The molecule has 9 heteroatoms. The van der Waals surface area contributed by atoms with Crippen molar-refractivity contribution in [2.75, 3.05) is 13.7 Å². The van der Waals surface area contributed by atoms with Gasteiger partial charge in [0.25, 0.3) is 0 Å². The molecule has 1 unspecified atom stereocenters. The maximum atomic E-state index is 13.4. The van der Waals surface area contributed by atoms with Crippen LogP contribution in [0.1, 0.15) is 18.5 Å². The molecule has 5 rings (SSSR count). The molecule has 4 aromatic rings. The Morgan fingerprint density at radius 2 is 1.91 bits per heavy atom. The van der Waals surface area contributed by atoms with Gasteiger partial charge < -0.3 is 9.47 Å². The van der Waals surface area contributed by atoms with Gasteiger partial charge in [-0.25, -0.2) is 9.37 Å². The van der Waals surface area contributed by atoms with E-state index in [0.29, 0.717) is 12.3 Å². The van der Waals surface area contributed by atoms with Gasteiger partial charge in [-0.3, -0.25) is 4.57 Å². The average Bonchev–Trinajstić information content (AvgIpc) is 3.61. The van der Waals surface area contributed by atoms with Gasteiger partial charge in [0.05, 0.1) is 25.5 Å². The van der Waals surface area contributed by atoms with E-state index in [-0.39, 0.29) is 11.9 Å². The van der Waals surface area contributed by atoms with Gasteiger partial charge in [0.15, 0.2) is 11.0 Å². The number of hydrogen-bond donors (Lipinski definition) is 0. The summed E-state index contributed by atoms with van der Waals surface area (Å²) in [6.45, 7) is 1.46.